The first-order valence-electron chi connectivity index (χ1n) is 13.5. The number of hydrogen-bond donors (Lipinski definition) is 2. The van der Waals surface area contributed by atoms with E-state index in [0.29, 0.717) is 62.1 Å². The molecule has 0 aliphatic carbocycles. The van der Waals surface area contributed by atoms with Crippen LogP contribution in [-0.2, 0) is 28.4 Å². The summed E-state index contributed by atoms with van der Waals surface area (Å²) in [5, 5.41) is 0. The van der Waals surface area contributed by atoms with Gasteiger partial charge in [-0.2, -0.15) is 0 Å². The van der Waals surface area contributed by atoms with Gasteiger partial charge in [-0.15, -0.1) is 0 Å². The molecule has 0 fully saturated rings. The smallest absolute Gasteiger partial charge is 0.338 e. The van der Waals surface area contributed by atoms with Crippen LogP contribution < -0.4 is 11.5 Å². The molecule has 0 heterocycles. The average molecular weight is 575 g/mol. The third kappa shape index (κ3) is 12.1. The number of rotatable bonds is 18. The van der Waals surface area contributed by atoms with Gasteiger partial charge in [-0.3, -0.25) is 0 Å². The number of nitrogen functional groups attached to an aromatic ring is 2. The second-order valence-electron chi connectivity index (χ2n) is 12.0. The second kappa shape index (κ2) is 15.7. The van der Waals surface area contributed by atoms with Crippen molar-refractivity contribution in [3.8, 4) is 0 Å². The fourth-order valence-electron chi connectivity index (χ4n) is 4.02. The summed E-state index contributed by atoms with van der Waals surface area (Å²) >= 11 is 0. The third-order valence-electron chi connectivity index (χ3n) is 6.27. The van der Waals surface area contributed by atoms with E-state index in [1.165, 1.54) is 0 Å². The molecule has 2 unspecified atom stereocenters. The van der Waals surface area contributed by atoms with Gasteiger partial charge in [0.05, 0.1) is 50.8 Å². The Bertz CT molecular complexity index is 1000. The summed E-state index contributed by atoms with van der Waals surface area (Å²) in [6, 6.07) is 13.2. The normalized spacial score (nSPS) is 14.6. The van der Waals surface area contributed by atoms with Gasteiger partial charge in [0.25, 0.3) is 0 Å². The van der Waals surface area contributed by atoms with Crippen LogP contribution in [0.25, 0.3) is 0 Å². The van der Waals surface area contributed by atoms with Crippen LogP contribution in [0.2, 0.25) is 0 Å². The number of methoxy groups -OCH3 is 2. The molecular formula is C31H46N2O8. The highest BCUT2D eigenvalue weighted by Crippen LogP contribution is 2.25. The van der Waals surface area contributed by atoms with Crippen LogP contribution in [0.1, 0.15) is 48.4 Å². The molecule has 228 valence electrons. The molecule has 2 aromatic rings. The topological polar surface area (TPSA) is 142 Å². The molecular weight excluding hydrogens is 528 g/mol. The lowest BCUT2D eigenvalue weighted by Crippen LogP contribution is -2.38. The van der Waals surface area contributed by atoms with Crippen molar-refractivity contribution >= 4 is 23.3 Å². The zero-order valence-corrected chi connectivity index (χ0v) is 25.2. The predicted molar refractivity (Wildman–Crippen MR) is 158 cm³/mol. The maximum atomic E-state index is 12.5. The van der Waals surface area contributed by atoms with Crippen molar-refractivity contribution in [1.82, 2.24) is 0 Å². The molecule has 0 aliphatic heterocycles. The van der Waals surface area contributed by atoms with Crippen LogP contribution >= 0.6 is 0 Å². The lowest BCUT2D eigenvalue weighted by atomic mass is 9.92. The molecule has 0 aromatic heterocycles. The van der Waals surface area contributed by atoms with E-state index in [1.807, 2.05) is 27.7 Å². The molecule has 0 aliphatic rings. The van der Waals surface area contributed by atoms with E-state index < -0.39 is 22.8 Å². The van der Waals surface area contributed by atoms with Crippen LogP contribution in [-0.4, -0.2) is 79.0 Å². The molecule has 0 saturated carbocycles. The van der Waals surface area contributed by atoms with Crippen LogP contribution in [0.15, 0.2) is 48.5 Å². The minimum atomic E-state index is -0.541. The minimum Gasteiger partial charge on any atom is -0.461 e. The molecule has 4 N–H and O–H groups in total. The van der Waals surface area contributed by atoms with Gasteiger partial charge < -0.3 is 39.9 Å². The number of ether oxygens (including phenoxy) is 6. The maximum absolute atomic E-state index is 12.5. The van der Waals surface area contributed by atoms with Crippen molar-refractivity contribution in [1.29, 1.82) is 0 Å². The fraction of sp³-hybridized carbons (Fsp3) is 0.548. The molecule has 0 saturated heterocycles. The van der Waals surface area contributed by atoms with Crippen LogP contribution in [0, 0.1) is 16.2 Å². The number of esters is 2. The molecule has 0 amide bonds. The van der Waals surface area contributed by atoms with Crippen LogP contribution in [0.5, 0.6) is 0 Å². The first-order valence-corrected chi connectivity index (χ1v) is 13.5. The summed E-state index contributed by atoms with van der Waals surface area (Å²) in [6.45, 7) is 10.4. The quantitative estimate of drug-likeness (QED) is 0.196. The van der Waals surface area contributed by atoms with E-state index in [1.54, 1.807) is 62.8 Å². The van der Waals surface area contributed by atoms with E-state index in [-0.39, 0.29) is 18.6 Å². The highest BCUT2D eigenvalue weighted by atomic mass is 16.5. The van der Waals surface area contributed by atoms with Crippen molar-refractivity contribution in [2.45, 2.75) is 27.7 Å². The Morgan fingerprint density at radius 1 is 0.561 bits per heavy atom. The van der Waals surface area contributed by atoms with Gasteiger partial charge >= 0.3 is 11.9 Å². The number of nitrogens with two attached hydrogens (primary N) is 2. The molecule has 41 heavy (non-hydrogen) atoms. The zero-order valence-electron chi connectivity index (χ0n) is 25.2. The summed E-state index contributed by atoms with van der Waals surface area (Å²) in [6.07, 6.45) is 0. The average Bonchev–Trinajstić information content (AvgIpc) is 2.91. The van der Waals surface area contributed by atoms with Gasteiger partial charge in [-0.05, 0) is 48.5 Å². The molecule has 10 heteroatoms. The molecule has 2 atom stereocenters. The van der Waals surface area contributed by atoms with E-state index in [0.717, 1.165) is 0 Å². The lowest BCUT2D eigenvalue weighted by Gasteiger charge is -2.32. The summed E-state index contributed by atoms with van der Waals surface area (Å²) < 4.78 is 34.0. The third-order valence-corrected chi connectivity index (χ3v) is 6.27. The molecule has 0 radical (unpaired) electrons. The Balaban J connectivity index is 1.82. The van der Waals surface area contributed by atoms with Crippen molar-refractivity contribution in [2.24, 2.45) is 16.2 Å². The summed E-state index contributed by atoms with van der Waals surface area (Å²) in [5.41, 5.74) is 12.0. The highest BCUT2D eigenvalue weighted by Gasteiger charge is 2.31. The van der Waals surface area contributed by atoms with Crippen molar-refractivity contribution < 1.29 is 38.0 Å². The summed E-state index contributed by atoms with van der Waals surface area (Å²) in [5.74, 6) is -0.862. The standard InChI is InChI=1S/C31H46N2O8/c1-29(2,15-38-19-30(3,17-36-5)21-40-27(34)23-7-11-25(32)12-8-23)16-39-20-31(4,18-37-6)22-41-28(35)24-9-13-26(33)14-10-24/h7-14H,15-22,32-33H2,1-6H3. The molecule has 2 rings (SSSR count). The van der Waals surface area contributed by atoms with Crippen molar-refractivity contribution in [2.75, 3.05) is 78.5 Å². The van der Waals surface area contributed by atoms with E-state index in [4.69, 9.17) is 39.9 Å². The number of carbonyl (C=O) groups excluding carboxylic acids is 2. The highest BCUT2D eigenvalue weighted by molar-refractivity contribution is 5.90. The molecule has 0 spiro atoms. The Morgan fingerprint density at radius 3 is 1.22 bits per heavy atom. The van der Waals surface area contributed by atoms with Gasteiger partial charge in [-0.1, -0.05) is 27.7 Å². The van der Waals surface area contributed by atoms with Crippen molar-refractivity contribution in [3.63, 3.8) is 0 Å². The fourth-order valence-corrected chi connectivity index (χ4v) is 4.02. The van der Waals surface area contributed by atoms with Gasteiger partial charge in [0.1, 0.15) is 13.2 Å². The molecule has 2 aromatic carbocycles. The number of benzene rings is 2. The Labute approximate surface area is 243 Å². The molecule has 0 bridgehead atoms. The van der Waals surface area contributed by atoms with Crippen molar-refractivity contribution in [3.05, 3.63) is 59.7 Å². The van der Waals surface area contributed by atoms with Crippen LogP contribution in [0.3, 0.4) is 0 Å². The Morgan fingerprint density at radius 2 is 0.902 bits per heavy atom. The van der Waals surface area contributed by atoms with Gasteiger partial charge in [-0.25, -0.2) is 9.59 Å². The summed E-state index contributed by atoms with van der Waals surface area (Å²) in [7, 11) is 3.20. The van der Waals surface area contributed by atoms with Gasteiger partial charge in [0, 0.05) is 41.8 Å². The van der Waals surface area contributed by atoms with E-state index in [2.05, 4.69) is 0 Å². The van der Waals surface area contributed by atoms with Crippen LogP contribution in [0.4, 0.5) is 11.4 Å². The largest absolute Gasteiger partial charge is 0.461 e. The predicted octanol–water partition coefficient (Wildman–Crippen LogP) is 4.23. The Hall–Kier alpha value is -3.18. The van der Waals surface area contributed by atoms with Gasteiger partial charge in [0.15, 0.2) is 0 Å². The monoisotopic (exact) mass is 574 g/mol. The maximum Gasteiger partial charge on any atom is 0.338 e. The zero-order chi connectivity index (χ0) is 30.5. The first kappa shape index (κ1) is 34.0. The Kier molecular flexibility index (Phi) is 13.0. The number of hydrogen-bond acceptors (Lipinski definition) is 10. The molecule has 10 nitrogen and oxygen atoms in total. The lowest BCUT2D eigenvalue weighted by molar-refractivity contribution is -0.0825. The van der Waals surface area contributed by atoms with Gasteiger partial charge in [0.2, 0.25) is 0 Å². The SMILES string of the molecule is COCC(C)(COCC(C)(C)COCC(C)(COC)COC(=O)c1ccc(N)cc1)COC(=O)c1ccc(N)cc1. The number of carbonyl (C=O) groups is 2. The summed E-state index contributed by atoms with van der Waals surface area (Å²) in [4.78, 5) is 24.9. The second-order valence-corrected chi connectivity index (χ2v) is 12.0. The first-order chi connectivity index (χ1) is 19.3. The minimum absolute atomic E-state index is 0.130. The van der Waals surface area contributed by atoms with E-state index >= 15 is 0 Å². The number of anilines is 2. The van der Waals surface area contributed by atoms with E-state index in [9.17, 15) is 9.59 Å².